The minimum Gasteiger partial charge on any atom is -0.403 e. The summed E-state index contributed by atoms with van der Waals surface area (Å²) in [7, 11) is 0. The molecular formula is C15H26O15. The molecule has 0 bridgehead atoms. The van der Waals surface area contributed by atoms with E-state index in [-0.39, 0.29) is 0 Å². The largest absolute Gasteiger partial charge is 0.403 e. The van der Waals surface area contributed by atoms with Crippen molar-refractivity contribution in [3.8, 4) is 0 Å². The fourth-order valence-corrected chi connectivity index (χ4v) is 3.08. The van der Waals surface area contributed by atoms with Gasteiger partial charge in [-0.1, -0.05) is 0 Å². The van der Waals surface area contributed by atoms with Crippen LogP contribution in [0.15, 0.2) is 0 Å². The van der Waals surface area contributed by atoms with Crippen molar-refractivity contribution in [2.24, 2.45) is 0 Å². The average molecular weight is 446 g/mol. The van der Waals surface area contributed by atoms with E-state index in [0.29, 0.717) is 0 Å². The zero-order valence-electron chi connectivity index (χ0n) is 15.5. The molecule has 0 aromatic rings. The molecule has 2 rings (SSSR count). The summed E-state index contributed by atoms with van der Waals surface area (Å²) in [4.78, 5) is 12.0. The predicted molar refractivity (Wildman–Crippen MR) is 86.8 cm³/mol. The Morgan fingerprint density at radius 1 is 0.867 bits per heavy atom. The first kappa shape index (κ1) is 25.2. The van der Waals surface area contributed by atoms with Gasteiger partial charge in [0.05, 0.1) is 19.8 Å². The van der Waals surface area contributed by atoms with Crippen molar-refractivity contribution < 1.29 is 74.8 Å². The maximum atomic E-state index is 12.0. The van der Waals surface area contributed by atoms with Crippen LogP contribution in [-0.2, 0) is 23.7 Å². The minimum atomic E-state index is -3.23. The Bertz CT molecular complexity index is 588. The Hall–Kier alpha value is -1.05. The Balaban J connectivity index is 2.49. The Morgan fingerprint density at radius 3 is 1.90 bits per heavy atom. The molecule has 0 radical (unpaired) electrons. The molecule has 2 saturated heterocycles. The van der Waals surface area contributed by atoms with Gasteiger partial charge in [0, 0.05) is 0 Å². The Kier molecular flexibility index (Phi) is 8.08. The van der Waals surface area contributed by atoms with E-state index in [0.717, 1.165) is 0 Å². The van der Waals surface area contributed by atoms with Crippen LogP contribution in [0, 0.1) is 0 Å². The smallest absolute Gasteiger partial charge is 0.362 e. The zero-order chi connectivity index (χ0) is 22.9. The van der Waals surface area contributed by atoms with E-state index in [1.807, 2.05) is 0 Å². The Labute approximate surface area is 168 Å². The second-order valence-electron chi connectivity index (χ2n) is 6.83. The van der Waals surface area contributed by atoms with Crippen LogP contribution in [0.5, 0.6) is 0 Å². The van der Waals surface area contributed by atoms with Crippen molar-refractivity contribution in [2.45, 2.75) is 60.6 Å². The minimum absolute atomic E-state index is 0.858. The van der Waals surface area contributed by atoms with E-state index < -0.39 is 93.0 Å². The maximum absolute atomic E-state index is 12.0. The summed E-state index contributed by atoms with van der Waals surface area (Å²) in [6.45, 7) is -4.28. The molecule has 2 fully saturated rings. The SMILES string of the molecule is O=C(O[C@@]1(OC2(CO)O[C@H](CO)[C@@H](O)[C@@H]2O)O[C@H](CO)[C@@H](O)[C@H](O)[C@H]1O)C(O)CO. The lowest BCUT2D eigenvalue weighted by molar-refractivity contribution is -0.499. The molecule has 30 heavy (non-hydrogen) atoms. The van der Waals surface area contributed by atoms with E-state index in [1.165, 1.54) is 0 Å². The van der Waals surface area contributed by atoms with Crippen molar-refractivity contribution in [1.82, 2.24) is 0 Å². The molecule has 0 aromatic heterocycles. The van der Waals surface area contributed by atoms with Crippen LogP contribution in [0.25, 0.3) is 0 Å². The molecule has 0 spiro atoms. The van der Waals surface area contributed by atoms with Gasteiger partial charge in [-0.3, -0.25) is 4.74 Å². The van der Waals surface area contributed by atoms with Gasteiger partial charge in [0.15, 0.2) is 12.2 Å². The maximum Gasteiger partial charge on any atom is 0.362 e. The number of ether oxygens (including phenoxy) is 4. The number of carbonyl (C=O) groups excluding carboxylic acids is 1. The van der Waals surface area contributed by atoms with Crippen LogP contribution in [0.3, 0.4) is 0 Å². The fraction of sp³-hybridized carbons (Fsp3) is 0.933. The lowest BCUT2D eigenvalue weighted by atomic mass is 9.97. The monoisotopic (exact) mass is 446 g/mol. The van der Waals surface area contributed by atoms with Crippen LogP contribution in [0.2, 0.25) is 0 Å². The average Bonchev–Trinajstić information content (AvgIpc) is 2.98. The van der Waals surface area contributed by atoms with Crippen molar-refractivity contribution in [1.29, 1.82) is 0 Å². The number of aliphatic hydroxyl groups is 10. The molecule has 0 aromatic carbocycles. The standard InChI is InChI=1S/C15H26O15/c16-1-5(20)13(26)29-15(12(25)10(23)8(21)6(2-17)28-15)30-14(4-19)11(24)9(22)7(3-18)27-14/h5-12,16-25H,1-4H2/t5?,6-,7-,8-,9-,10+,11+,12-,14?,15+/m1/s1. The second-order valence-corrected chi connectivity index (χ2v) is 6.83. The normalized spacial score (nSPS) is 45.3. The van der Waals surface area contributed by atoms with Crippen LogP contribution >= 0.6 is 0 Å². The summed E-state index contributed by atoms with van der Waals surface area (Å²) >= 11 is 0. The highest BCUT2D eigenvalue weighted by Crippen LogP contribution is 2.41. The zero-order valence-corrected chi connectivity index (χ0v) is 15.5. The summed E-state index contributed by atoms with van der Waals surface area (Å²) in [6, 6.07) is 0. The molecule has 15 nitrogen and oxygen atoms in total. The summed E-state index contributed by atoms with van der Waals surface area (Å²) in [5.74, 6) is -7.61. The quantitative estimate of drug-likeness (QED) is 0.123. The molecule has 2 aliphatic rings. The summed E-state index contributed by atoms with van der Waals surface area (Å²) in [6.07, 6.45) is -16.0. The molecule has 2 aliphatic heterocycles. The van der Waals surface area contributed by atoms with Crippen molar-refractivity contribution >= 4 is 5.97 Å². The number of hydrogen-bond donors (Lipinski definition) is 10. The van der Waals surface area contributed by atoms with Crippen molar-refractivity contribution in [3.05, 3.63) is 0 Å². The molecule has 10 N–H and O–H groups in total. The third-order valence-corrected chi connectivity index (χ3v) is 4.82. The van der Waals surface area contributed by atoms with Gasteiger partial charge in [-0.2, -0.15) is 0 Å². The van der Waals surface area contributed by atoms with E-state index >= 15 is 0 Å². The first-order valence-electron chi connectivity index (χ1n) is 8.83. The number of esters is 1. The van der Waals surface area contributed by atoms with Crippen molar-refractivity contribution in [3.63, 3.8) is 0 Å². The van der Waals surface area contributed by atoms with Crippen LogP contribution < -0.4 is 0 Å². The highest BCUT2D eigenvalue weighted by molar-refractivity contribution is 5.74. The Morgan fingerprint density at radius 2 is 1.43 bits per heavy atom. The second kappa shape index (κ2) is 9.61. The van der Waals surface area contributed by atoms with Gasteiger partial charge in [-0.05, 0) is 0 Å². The van der Waals surface area contributed by atoms with Gasteiger partial charge in [0.1, 0.15) is 43.2 Å². The first-order valence-corrected chi connectivity index (χ1v) is 8.83. The molecule has 10 atom stereocenters. The fourth-order valence-electron chi connectivity index (χ4n) is 3.08. The highest BCUT2D eigenvalue weighted by Gasteiger charge is 2.66. The van der Waals surface area contributed by atoms with Gasteiger partial charge < -0.3 is 65.3 Å². The van der Waals surface area contributed by atoms with Crippen LogP contribution in [-0.4, -0.2) is 144 Å². The first-order chi connectivity index (χ1) is 14.0. The lowest BCUT2D eigenvalue weighted by Gasteiger charge is -2.49. The van der Waals surface area contributed by atoms with E-state index in [4.69, 9.17) is 24.1 Å². The van der Waals surface area contributed by atoms with Crippen LogP contribution in [0.1, 0.15) is 0 Å². The molecule has 0 aliphatic carbocycles. The molecule has 2 heterocycles. The third kappa shape index (κ3) is 4.30. The number of carbonyl (C=O) groups is 1. The van der Waals surface area contributed by atoms with E-state index in [2.05, 4.69) is 0 Å². The molecule has 15 heteroatoms. The topological polar surface area (TPSA) is 256 Å². The van der Waals surface area contributed by atoms with Gasteiger partial charge in [-0.15, -0.1) is 0 Å². The van der Waals surface area contributed by atoms with Crippen LogP contribution in [0.4, 0.5) is 0 Å². The summed E-state index contributed by atoms with van der Waals surface area (Å²) < 4.78 is 20.2. The van der Waals surface area contributed by atoms with Gasteiger partial charge in [0.2, 0.25) is 5.79 Å². The summed E-state index contributed by atoms with van der Waals surface area (Å²) in [5, 5.41) is 97.4. The predicted octanol–water partition coefficient (Wildman–Crippen LogP) is -7.17. The molecule has 0 amide bonds. The lowest BCUT2D eigenvalue weighted by Crippen LogP contribution is -2.71. The van der Waals surface area contributed by atoms with Gasteiger partial charge in [0.25, 0.3) is 0 Å². The molecule has 0 saturated carbocycles. The third-order valence-electron chi connectivity index (χ3n) is 4.82. The van der Waals surface area contributed by atoms with Gasteiger partial charge in [-0.25, -0.2) is 4.79 Å². The summed E-state index contributed by atoms with van der Waals surface area (Å²) in [5.41, 5.74) is 0. The van der Waals surface area contributed by atoms with Crippen molar-refractivity contribution in [2.75, 3.05) is 26.4 Å². The van der Waals surface area contributed by atoms with E-state index in [9.17, 15) is 50.8 Å². The number of aliphatic hydroxyl groups excluding tert-OH is 10. The molecular weight excluding hydrogens is 420 g/mol. The molecule has 176 valence electrons. The number of hydrogen-bond acceptors (Lipinski definition) is 15. The highest BCUT2D eigenvalue weighted by atomic mass is 16.9. The number of rotatable bonds is 8. The van der Waals surface area contributed by atoms with Gasteiger partial charge >= 0.3 is 11.9 Å². The van der Waals surface area contributed by atoms with E-state index in [1.54, 1.807) is 0 Å². The molecule has 2 unspecified atom stereocenters.